The Hall–Kier alpha value is -2.58. The molecule has 3 rings (SSSR count). The Morgan fingerprint density at radius 2 is 1.70 bits per heavy atom. The third kappa shape index (κ3) is 5.70. The van der Waals surface area contributed by atoms with E-state index in [-0.39, 0.29) is 17.5 Å². The van der Waals surface area contributed by atoms with Crippen LogP contribution in [0.15, 0.2) is 48.5 Å². The summed E-state index contributed by atoms with van der Waals surface area (Å²) in [5.41, 5.74) is 1.20. The largest absolute Gasteiger partial charge is 0.338 e. The zero-order valence-electron chi connectivity index (χ0n) is 14.7. The molecular formula is C19H21F2N4OS+. The lowest BCUT2D eigenvalue weighted by atomic mass is 10.3. The molecule has 1 heterocycles. The molecule has 0 saturated carbocycles. The highest BCUT2D eigenvalue weighted by Crippen LogP contribution is 2.10. The third-order valence-electron chi connectivity index (χ3n) is 4.37. The van der Waals surface area contributed by atoms with Crippen LogP contribution in [0.3, 0.4) is 0 Å². The lowest BCUT2D eigenvalue weighted by Gasteiger charge is -2.33. The van der Waals surface area contributed by atoms with E-state index in [1.807, 2.05) is 4.90 Å². The van der Waals surface area contributed by atoms with Gasteiger partial charge in [0.05, 0.1) is 26.2 Å². The van der Waals surface area contributed by atoms with Crippen LogP contribution in [0.2, 0.25) is 0 Å². The van der Waals surface area contributed by atoms with Crippen LogP contribution in [-0.4, -0.2) is 48.6 Å². The molecular weight excluding hydrogens is 370 g/mol. The Labute approximate surface area is 162 Å². The molecule has 0 bridgehead atoms. The number of carbonyl (C=O) groups is 1. The summed E-state index contributed by atoms with van der Waals surface area (Å²) in [7, 11) is 0. The first-order chi connectivity index (χ1) is 13.0. The summed E-state index contributed by atoms with van der Waals surface area (Å²) in [5.74, 6) is -0.813. The van der Waals surface area contributed by atoms with Crippen molar-refractivity contribution in [3.05, 3.63) is 60.2 Å². The molecule has 8 heteroatoms. The maximum Gasteiger partial charge on any atom is 0.279 e. The van der Waals surface area contributed by atoms with Crippen molar-refractivity contribution in [2.75, 3.05) is 43.4 Å². The van der Waals surface area contributed by atoms with Gasteiger partial charge in [0.15, 0.2) is 11.7 Å². The Kier molecular flexibility index (Phi) is 6.31. The molecule has 0 unspecified atom stereocenters. The quantitative estimate of drug-likeness (QED) is 0.692. The van der Waals surface area contributed by atoms with Gasteiger partial charge in [0.2, 0.25) is 0 Å². The van der Waals surface area contributed by atoms with Crippen LogP contribution in [0.1, 0.15) is 0 Å². The number of piperazine rings is 1. The molecule has 1 aliphatic rings. The second-order valence-corrected chi connectivity index (χ2v) is 6.80. The first-order valence-electron chi connectivity index (χ1n) is 8.70. The lowest BCUT2D eigenvalue weighted by molar-refractivity contribution is -0.895. The van der Waals surface area contributed by atoms with Gasteiger partial charge in [-0.05, 0) is 54.7 Å². The highest BCUT2D eigenvalue weighted by Gasteiger charge is 2.23. The van der Waals surface area contributed by atoms with E-state index < -0.39 is 0 Å². The van der Waals surface area contributed by atoms with Crippen molar-refractivity contribution in [1.29, 1.82) is 0 Å². The molecule has 1 aliphatic heterocycles. The number of halogens is 2. The van der Waals surface area contributed by atoms with Crippen LogP contribution >= 0.6 is 12.2 Å². The molecule has 0 radical (unpaired) electrons. The predicted octanol–water partition coefficient (Wildman–Crippen LogP) is 1.50. The van der Waals surface area contributed by atoms with E-state index in [0.717, 1.165) is 36.8 Å². The molecule has 1 fully saturated rings. The van der Waals surface area contributed by atoms with Crippen LogP contribution in [0.4, 0.5) is 20.2 Å². The van der Waals surface area contributed by atoms with E-state index in [4.69, 9.17) is 12.2 Å². The monoisotopic (exact) mass is 391 g/mol. The Balaban J connectivity index is 1.43. The fourth-order valence-electron chi connectivity index (χ4n) is 2.94. The zero-order chi connectivity index (χ0) is 19.2. The summed E-state index contributed by atoms with van der Waals surface area (Å²) in [6.07, 6.45) is 0. The van der Waals surface area contributed by atoms with Gasteiger partial charge in [-0.15, -0.1) is 0 Å². The lowest BCUT2D eigenvalue weighted by Crippen LogP contribution is -3.15. The molecule has 2 aromatic rings. The first kappa shape index (κ1) is 19.2. The maximum absolute atomic E-state index is 13.2. The number of rotatable bonds is 4. The van der Waals surface area contributed by atoms with E-state index in [1.54, 1.807) is 24.3 Å². The molecule has 5 nitrogen and oxygen atoms in total. The Bertz CT molecular complexity index is 808. The van der Waals surface area contributed by atoms with Crippen LogP contribution in [0.5, 0.6) is 0 Å². The van der Waals surface area contributed by atoms with E-state index in [0.29, 0.717) is 17.3 Å². The number of hydrogen-bond acceptors (Lipinski definition) is 2. The van der Waals surface area contributed by atoms with Gasteiger partial charge in [-0.1, -0.05) is 6.07 Å². The number of carbonyl (C=O) groups excluding carboxylic acids is 1. The number of hydrogen-bond donors (Lipinski definition) is 3. The number of amides is 1. The van der Waals surface area contributed by atoms with Gasteiger partial charge in [-0.2, -0.15) is 0 Å². The van der Waals surface area contributed by atoms with Crippen molar-refractivity contribution in [3.8, 4) is 0 Å². The summed E-state index contributed by atoms with van der Waals surface area (Å²) in [6.45, 7) is 3.29. The van der Waals surface area contributed by atoms with E-state index in [9.17, 15) is 13.6 Å². The van der Waals surface area contributed by atoms with Crippen molar-refractivity contribution < 1.29 is 18.5 Å². The minimum atomic E-state index is -0.379. The van der Waals surface area contributed by atoms with Crippen LogP contribution in [-0.2, 0) is 4.79 Å². The predicted molar refractivity (Wildman–Crippen MR) is 105 cm³/mol. The highest BCUT2D eigenvalue weighted by molar-refractivity contribution is 7.80. The topological polar surface area (TPSA) is 48.8 Å². The van der Waals surface area contributed by atoms with Gasteiger partial charge < -0.3 is 20.4 Å². The van der Waals surface area contributed by atoms with Crippen molar-refractivity contribution in [1.82, 2.24) is 4.90 Å². The molecule has 0 aromatic heterocycles. The maximum atomic E-state index is 13.2. The van der Waals surface area contributed by atoms with Gasteiger partial charge >= 0.3 is 0 Å². The van der Waals surface area contributed by atoms with Crippen molar-refractivity contribution in [2.45, 2.75) is 0 Å². The van der Waals surface area contributed by atoms with Gasteiger partial charge in [0, 0.05) is 11.4 Å². The second kappa shape index (κ2) is 8.88. The summed E-state index contributed by atoms with van der Waals surface area (Å²) in [4.78, 5) is 15.3. The smallest absolute Gasteiger partial charge is 0.279 e. The average molecular weight is 391 g/mol. The summed E-state index contributed by atoms with van der Waals surface area (Å²) in [5, 5.41) is 6.41. The molecule has 0 aliphatic carbocycles. The fourth-order valence-corrected chi connectivity index (χ4v) is 3.24. The zero-order valence-corrected chi connectivity index (χ0v) is 15.5. The highest BCUT2D eigenvalue weighted by atomic mass is 32.1. The average Bonchev–Trinajstić information content (AvgIpc) is 2.64. The normalized spacial score (nSPS) is 14.7. The molecule has 142 valence electrons. The van der Waals surface area contributed by atoms with Crippen molar-refractivity contribution in [3.63, 3.8) is 0 Å². The van der Waals surface area contributed by atoms with Gasteiger partial charge in [-0.25, -0.2) is 8.78 Å². The summed E-state index contributed by atoms with van der Waals surface area (Å²) < 4.78 is 26.1. The van der Waals surface area contributed by atoms with E-state index >= 15 is 0 Å². The standard InChI is InChI=1S/C19H20F2N4OS/c20-14-4-6-16(7-5-14)23-19(27)25-10-8-24(9-11-25)13-18(26)22-17-3-1-2-15(21)12-17/h1-7,12H,8-11,13H2,(H,22,26)(H,23,27)/p+1. The SMILES string of the molecule is O=C(C[NH+]1CCN(C(=S)Nc2ccc(F)cc2)CC1)Nc1cccc(F)c1. The van der Waals surface area contributed by atoms with Gasteiger partial charge in [-0.3, -0.25) is 4.79 Å². The molecule has 1 amide bonds. The number of quaternary nitrogens is 1. The molecule has 3 N–H and O–H groups in total. The minimum absolute atomic E-state index is 0.143. The number of nitrogens with one attached hydrogen (secondary N) is 3. The molecule has 2 aromatic carbocycles. The molecule has 1 saturated heterocycles. The first-order valence-corrected chi connectivity index (χ1v) is 9.11. The second-order valence-electron chi connectivity index (χ2n) is 6.41. The van der Waals surface area contributed by atoms with Crippen LogP contribution < -0.4 is 15.5 Å². The van der Waals surface area contributed by atoms with Crippen LogP contribution in [0.25, 0.3) is 0 Å². The number of nitrogens with zero attached hydrogens (tertiary/aromatic N) is 1. The Morgan fingerprint density at radius 1 is 1.00 bits per heavy atom. The van der Waals surface area contributed by atoms with Gasteiger partial charge in [0.1, 0.15) is 11.6 Å². The number of benzene rings is 2. The van der Waals surface area contributed by atoms with E-state index in [2.05, 4.69) is 10.6 Å². The molecule has 27 heavy (non-hydrogen) atoms. The third-order valence-corrected chi connectivity index (χ3v) is 4.73. The minimum Gasteiger partial charge on any atom is -0.338 e. The Morgan fingerprint density at radius 3 is 2.37 bits per heavy atom. The summed E-state index contributed by atoms with van der Waals surface area (Å²) >= 11 is 5.41. The van der Waals surface area contributed by atoms with Crippen molar-refractivity contribution >= 4 is 34.6 Å². The fraction of sp³-hybridized carbons (Fsp3) is 0.263. The van der Waals surface area contributed by atoms with Crippen LogP contribution in [0, 0.1) is 11.6 Å². The van der Waals surface area contributed by atoms with Crippen molar-refractivity contribution in [2.24, 2.45) is 0 Å². The van der Waals surface area contributed by atoms with Gasteiger partial charge in [0.25, 0.3) is 5.91 Å². The number of thiocarbonyl (C=S) groups is 1. The summed E-state index contributed by atoms with van der Waals surface area (Å²) in [6, 6.07) is 11.9. The molecule has 0 spiro atoms. The van der Waals surface area contributed by atoms with E-state index in [1.165, 1.54) is 24.3 Å². The number of anilines is 2. The molecule has 0 atom stereocenters.